The van der Waals surface area contributed by atoms with Crippen LogP contribution >= 0.6 is 0 Å². The molecule has 1 aliphatic rings. The number of nitrogens with two attached hydrogens (primary N) is 1. The molecule has 1 aromatic rings. The second kappa shape index (κ2) is 5.74. The number of hydrogen-bond acceptors (Lipinski definition) is 3. The van der Waals surface area contributed by atoms with Crippen molar-refractivity contribution in [2.45, 2.75) is 13.8 Å². The van der Waals surface area contributed by atoms with E-state index >= 15 is 0 Å². The highest BCUT2D eigenvalue weighted by Gasteiger charge is 2.22. The van der Waals surface area contributed by atoms with Crippen molar-refractivity contribution in [3.8, 4) is 0 Å². The first-order chi connectivity index (χ1) is 8.97. The van der Waals surface area contributed by atoms with Crippen molar-refractivity contribution in [3.63, 3.8) is 0 Å². The molecule has 0 spiro atoms. The third kappa shape index (κ3) is 3.35. The summed E-state index contributed by atoms with van der Waals surface area (Å²) < 4.78 is 27.7. The molecule has 0 aromatic heterocycles. The fourth-order valence-electron chi connectivity index (χ4n) is 2.56. The van der Waals surface area contributed by atoms with Crippen molar-refractivity contribution in [2.75, 3.05) is 43.4 Å². The van der Waals surface area contributed by atoms with E-state index in [0.29, 0.717) is 19.0 Å². The van der Waals surface area contributed by atoms with Crippen LogP contribution in [0.5, 0.6) is 0 Å². The predicted octanol–water partition coefficient (Wildman–Crippen LogP) is 2.33. The van der Waals surface area contributed by atoms with Crippen molar-refractivity contribution in [3.05, 3.63) is 23.8 Å². The van der Waals surface area contributed by atoms with E-state index in [2.05, 4.69) is 18.7 Å². The fourth-order valence-corrected chi connectivity index (χ4v) is 2.56. The summed E-state index contributed by atoms with van der Waals surface area (Å²) in [7, 11) is 0. The summed E-state index contributed by atoms with van der Waals surface area (Å²) in [5.74, 6) is -0.541. The largest absolute Gasteiger partial charge is 0.399 e. The number of rotatable bonds is 3. The Balaban J connectivity index is 2.06. The number of hydrogen-bond donors (Lipinski definition) is 1. The Bertz CT molecular complexity index is 417. The number of anilines is 2. The molecule has 0 bridgehead atoms. The number of benzene rings is 1. The van der Waals surface area contributed by atoms with Crippen molar-refractivity contribution in [1.29, 1.82) is 0 Å². The zero-order chi connectivity index (χ0) is 14.0. The molecule has 0 radical (unpaired) electrons. The molecule has 0 saturated carbocycles. The molecule has 106 valence electrons. The first kappa shape index (κ1) is 14.1. The third-order valence-electron chi connectivity index (χ3n) is 3.35. The number of nitrogens with zero attached hydrogens (tertiary/aromatic N) is 2. The highest BCUT2D eigenvalue weighted by Crippen LogP contribution is 2.26. The maximum Gasteiger partial charge on any atom is 0.151 e. The maximum absolute atomic E-state index is 13.8. The number of nitrogen functional groups attached to an aromatic ring is 1. The van der Waals surface area contributed by atoms with Gasteiger partial charge >= 0.3 is 0 Å². The first-order valence-corrected chi connectivity index (χ1v) is 6.69. The van der Waals surface area contributed by atoms with Gasteiger partial charge in [0.05, 0.1) is 0 Å². The van der Waals surface area contributed by atoms with E-state index in [4.69, 9.17) is 5.73 Å². The number of halogens is 2. The van der Waals surface area contributed by atoms with E-state index in [-0.39, 0.29) is 11.4 Å². The molecule has 1 heterocycles. The Labute approximate surface area is 113 Å². The third-order valence-corrected chi connectivity index (χ3v) is 3.35. The summed E-state index contributed by atoms with van der Waals surface area (Å²) in [6.45, 7) is 8.33. The molecule has 2 N–H and O–H groups in total. The minimum Gasteiger partial charge on any atom is -0.399 e. The molecule has 3 nitrogen and oxygen atoms in total. The van der Waals surface area contributed by atoms with Crippen molar-refractivity contribution in [2.24, 2.45) is 5.92 Å². The lowest BCUT2D eigenvalue weighted by molar-refractivity contribution is 0.230. The summed E-state index contributed by atoms with van der Waals surface area (Å²) >= 11 is 0. The van der Waals surface area contributed by atoms with E-state index in [1.54, 1.807) is 4.90 Å². The Morgan fingerprint density at radius 2 is 1.63 bits per heavy atom. The van der Waals surface area contributed by atoms with Crippen LogP contribution < -0.4 is 10.6 Å². The number of piperazine rings is 1. The summed E-state index contributed by atoms with van der Waals surface area (Å²) in [5, 5.41) is 0. The second-order valence-corrected chi connectivity index (χ2v) is 5.51. The maximum atomic E-state index is 13.8. The van der Waals surface area contributed by atoms with Gasteiger partial charge in [-0.1, -0.05) is 13.8 Å². The van der Waals surface area contributed by atoms with Crippen LogP contribution in [0.15, 0.2) is 12.1 Å². The van der Waals surface area contributed by atoms with Gasteiger partial charge in [-0.3, -0.25) is 4.90 Å². The van der Waals surface area contributed by atoms with E-state index in [1.807, 2.05) is 0 Å². The SMILES string of the molecule is CC(C)CN1CCN(c2c(F)cc(N)cc2F)CC1. The lowest BCUT2D eigenvalue weighted by Crippen LogP contribution is -2.48. The lowest BCUT2D eigenvalue weighted by Gasteiger charge is -2.37. The Morgan fingerprint density at radius 1 is 1.11 bits per heavy atom. The molecular weight excluding hydrogens is 248 g/mol. The predicted molar refractivity (Wildman–Crippen MR) is 74.3 cm³/mol. The molecule has 0 amide bonds. The van der Waals surface area contributed by atoms with Crippen LogP contribution in [0.25, 0.3) is 0 Å². The summed E-state index contributed by atoms with van der Waals surface area (Å²) in [4.78, 5) is 4.09. The molecule has 0 atom stereocenters. The Hall–Kier alpha value is -1.36. The zero-order valence-corrected chi connectivity index (χ0v) is 11.5. The standard InChI is InChI=1S/C14H21F2N3/c1-10(2)9-18-3-5-19(6-4-18)14-12(15)7-11(17)8-13(14)16/h7-8,10H,3-6,9,17H2,1-2H3. The average molecular weight is 269 g/mol. The zero-order valence-electron chi connectivity index (χ0n) is 11.5. The molecule has 2 rings (SSSR count). The Kier molecular flexibility index (Phi) is 4.24. The van der Waals surface area contributed by atoms with E-state index in [1.165, 1.54) is 12.1 Å². The van der Waals surface area contributed by atoms with Gasteiger partial charge in [-0.05, 0) is 18.1 Å². The van der Waals surface area contributed by atoms with Crippen LogP contribution in [0.2, 0.25) is 0 Å². The van der Waals surface area contributed by atoms with Crippen molar-refractivity contribution in [1.82, 2.24) is 4.90 Å². The van der Waals surface area contributed by atoms with Gasteiger partial charge in [0.15, 0.2) is 11.6 Å². The fraction of sp³-hybridized carbons (Fsp3) is 0.571. The first-order valence-electron chi connectivity index (χ1n) is 6.69. The van der Waals surface area contributed by atoms with Gasteiger partial charge in [0.2, 0.25) is 0 Å². The summed E-state index contributed by atoms with van der Waals surface area (Å²) in [6, 6.07) is 2.36. The smallest absolute Gasteiger partial charge is 0.151 e. The van der Waals surface area contributed by atoms with Crippen LogP contribution in [-0.2, 0) is 0 Å². The van der Waals surface area contributed by atoms with Crippen LogP contribution in [0, 0.1) is 17.6 Å². The topological polar surface area (TPSA) is 32.5 Å². The van der Waals surface area contributed by atoms with Crippen molar-refractivity contribution < 1.29 is 8.78 Å². The van der Waals surface area contributed by atoms with Gasteiger partial charge in [0.25, 0.3) is 0 Å². The molecule has 1 saturated heterocycles. The normalized spacial score (nSPS) is 17.2. The van der Waals surface area contributed by atoms with Crippen LogP contribution in [0.1, 0.15) is 13.8 Å². The molecule has 19 heavy (non-hydrogen) atoms. The quantitative estimate of drug-likeness (QED) is 0.855. The van der Waals surface area contributed by atoms with Gasteiger partial charge in [-0.2, -0.15) is 0 Å². The van der Waals surface area contributed by atoms with Crippen molar-refractivity contribution >= 4 is 11.4 Å². The molecule has 0 aliphatic carbocycles. The van der Waals surface area contributed by atoms with Gasteiger partial charge in [-0.25, -0.2) is 8.78 Å². The monoisotopic (exact) mass is 269 g/mol. The lowest BCUT2D eigenvalue weighted by atomic mass is 10.1. The molecule has 5 heteroatoms. The highest BCUT2D eigenvalue weighted by molar-refractivity contribution is 5.56. The van der Waals surface area contributed by atoms with Crippen LogP contribution in [-0.4, -0.2) is 37.6 Å². The molecular formula is C14H21F2N3. The highest BCUT2D eigenvalue weighted by atomic mass is 19.1. The van der Waals surface area contributed by atoms with Gasteiger partial charge < -0.3 is 10.6 Å². The summed E-state index contributed by atoms with van der Waals surface area (Å²) in [5.41, 5.74) is 5.60. The van der Waals surface area contributed by atoms with Crippen LogP contribution in [0.3, 0.4) is 0 Å². The molecule has 1 fully saturated rings. The van der Waals surface area contributed by atoms with E-state index in [9.17, 15) is 8.78 Å². The van der Waals surface area contributed by atoms with Gasteiger partial charge in [0, 0.05) is 38.4 Å². The molecule has 0 unspecified atom stereocenters. The summed E-state index contributed by atoms with van der Waals surface area (Å²) in [6.07, 6.45) is 0. The minimum atomic E-state index is -0.574. The minimum absolute atomic E-state index is 0.0541. The average Bonchev–Trinajstić information content (AvgIpc) is 2.29. The van der Waals surface area contributed by atoms with Gasteiger partial charge in [0.1, 0.15) is 5.69 Å². The van der Waals surface area contributed by atoms with Gasteiger partial charge in [-0.15, -0.1) is 0 Å². The van der Waals surface area contributed by atoms with E-state index in [0.717, 1.165) is 19.6 Å². The van der Waals surface area contributed by atoms with Crippen LogP contribution in [0.4, 0.5) is 20.2 Å². The van der Waals surface area contributed by atoms with E-state index < -0.39 is 11.6 Å². The Morgan fingerprint density at radius 3 is 2.11 bits per heavy atom. The second-order valence-electron chi connectivity index (χ2n) is 5.51. The molecule has 1 aliphatic heterocycles. The molecule has 1 aromatic carbocycles.